The van der Waals surface area contributed by atoms with Crippen LogP contribution in [0.4, 0.5) is 0 Å². The molecular weight excluding hydrogens is 472 g/mol. The number of fused-ring (bicyclic) bond motifs is 2. The summed E-state index contributed by atoms with van der Waals surface area (Å²) in [5.74, 6) is 2.77. The van der Waals surface area contributed by atoms with Crippen molar-refractivity contribution in [3.8, 4) is 0 Å². The van der Waals surface area contributed by atoms with E-state index in [0.29, 0.717) is 23.7 Å². The van der Waals surface area contributed by atoms with Gasteiger partial charge in [-0.15, -0.1) is 0 Å². The summed E-state index contributed by atoms with van der Waals surface area (Å²) in [5.41, 5.74) is 13.3. The third-order valence-corrected chi connectivity index (χ3v) is 8.29. The maximum atomic E-state index is 2.59. The Morgan fingerprint density at radius 3 is 1.74 bits per heavy atom. The van der Waals surface area contributed by atoms with Crippen molar-refractivity contribution in [1.29, 1.82) is 0 Å². The van der Waals surface area contributed by atoms with E-state index in [9.17, 15) is 0 Å². The number of aromatic nitrogens is 2. The largest absolute Gasteiger partial charge is 0.347 e. The van der Waals surface area contributed by atoms with Crippen molar-refractivity contribution in [3.05, 3.63) is 69.5 Å². The maximum Gasteiger partial charge on any atom is 0.0520 e. The Hall–Kier alpha value is -2.48. The lowest BCUT2D eigenvalue weighted by Crippen LogP contribution is -2.08. The molecule has 0 saturated carbocycles. The fourth-order valence-corrected chi connectivity index (χ4v) is 6.23. The molecule has 2 heteroatoms. The zero-order chi connectivity index (χ0) is 29.2. The van der Waals surface area contributed by atoms with Crippen molar-refractivity contribution < 1.29 is 0 Å². The van der Waals surface area contributed by atoms with Crippen LogP contribution in [0, 0.1) is 58.3 Å². The highest BCUT2D eigenvalue weighted by atomic mass is 15.0. The Morgan fingerprint density at radius 1 is 0.615 bits per heavy atom. The molecule has 0 spiro atoms. The molecule has 39 heavy (non-hydrogen) atoms. The Bertz CT molecular complexity index is 1300. The van der Waals surface area contributed by atoms with Crippen molar-refractivity contribution >= 4 is 21.8 Å². The zero-order valence-electron chi connectivity index (χ0n) is 27.4. The molecule has 214 valence electrons. The summed E-state index contributed by atoms with van der Waals surface area (Å²) in [6, 6.07) is 8.77. The lowest BCUT2D eigenvalue weighted by atomic mass is 9.91. The van der Waals surface area contributed by atoms with Crippen molar-refractivity contribution in [2.75, 3.05) is 0 Å². The molecule has 4 aromatic rings. The fraction of sp³-hybridized carbons (Fsp3) is 0.568. The predicted octanol–water partition coefficient (Wildman–Crippen LogP) is 10.5. The molecule has 0 radical (unpaired) electrons. The van der Waals surface area contributed by atoms with E-state index >= 15 is 0 Å². The Balaban J connectivity index is 0.000000223. The minimum Gasteiger partial charge on any atom is -0.347 e. The van der Waals surface area contributed by atoms with Gasteiger partial charge in [0.1, 0.15) is 0 Å². The topological polar surface area (TPSA) is 9.86 Å². The molecule has 4 rings (SSSR count). The van der Waals surface area contributed by atoms with E-state index in [1.165, 1.54) is 68.2 Å². The van der Waals surface area contributed by atoms with Crippen molar-refractivity contribution in [1.82, 2.24) is 9.13 Å². The van der Waals surface area contributed by atoms with Gasteiger partial charge in [-0.25, -0.2) is 0 Å². The second-order valence-corrected chi connectivity index (χ2v) is 13.7. The molecule has 2 heterocycles. The molecule has 0 aliphatic rings. The van der Waals surface area contributed by atoms with E-state index in [2.05, 4.69) is 130 Å². The Labute approximate surface area is 239 Å². The molecule has 2 nitrogen and oxygen atoms in total. The second kappa shape index (κ2) is 12.8. The molecule has 0 aliphatic heterocycles. The monoisotopic (exact) mass is 528 g/mol. The highest BCUT2D eigenvalue weighted by Crippen LogP contribution is 2.37. The zero-order valence-corrected chi connectivity index (χ0v) is 27.4. The lowest BCUT2D eigenvalue weighted by Gasteiger charge is -2.16. The van der Waals surface area contributed by atoms with Crippen LogP contribution in [-0.2, 0) is 25.9 Å². The molecule has 0 N–H and O–H groups in total. The minimum atomic E-state index is 0.669. The van der Waals surface area contributed by atoms with Gasteiger partial charge in [-0.1, -0.05) is 73.6 Å². The number of rotatable bonds is 8. The fourth-order valence-electron chi connectivity index (χ4n) is 6.23. The van der Waals surface area contributed by atoms with Gasteiger partial charge in [0.25, 0.3) is 0 Å². The van der Waals surface area contributed by atoms with E-state index in [1.54, 1.807) is 5.56 Å². The van der Waals surface area contributed by atoms with Gasteiger partial charge in [0, 0.05) is 41.3 Å². The van der Waals surface area contributed by atoms with Crippen LogP contribution in [0.2, 0.25) is 0 Å². The van der Waals surface area contributed by atoms with Gasteiger partial charge < -0.3 is 9.13 Å². The van der Waals surface area contributed by atoms with Crippen LogP contribution in [0.1, 0.15) is 94.5 Å². The van der Waals surface area contributed by atoms with E-state index in [1.807, 2.05) is 0 Å². The molecule has 0 amide bonds. The summed E-state index contributed by atoms with van der Waals surface area (Å²) in [7, 11) is 0. The smallest absolute Gasteiger partial charge is 0.0520 e. The van der Waals surface area contributed by atoms with Gasteiger partial charge in [-0.2, -0.15) is 0 Å². The summed E-state index contributed by atoms with van der Waals surface area (Å²) in [4.78, 5) is 0. The highest BCUT2D eigenvalue weighted by Gasteiger charge is 2.21. The molecular formula is C37H56N2. The molecule has 0 fully saturated rings. The summed E-state index contributed by atoms with van der Waals surface area (Å²) < 4.78 is 5.00. The number of aryl methyl sites for hydroxylation is 2. The van der Waals surface area contributed by atoms with Crippen molar-refractivity contribution in [3.63, 3.8) is 0 Å². The van der Waals surface area contributed by atoms with Gasteiger partial charge >= 0.3 is 0 Å². The van der Waals surface area contributed by atoms with E-state index in [4.69, 9.17) is 0 Å². The van der Waals surface area contributed by atoms with E-state index in [0.717, 1.165) is 13.1 Å². The molecule has 0 saturated heterocycles. The van der Waals surface area contributed by atoms with Crippen LogP contribution >= 0.6 is 0 Å². The van der Waals surface area contributed by atoms with Crippen LogP contribution in [0.3, 0.4) is 0 Å². The van der Waals surface area contributed by atoms with Crippen LogP contribution in [-0.4, -0.2) is 9.13 Å². The quantitative estimate of drug-likeness (QED) is 0.215. The standard InChI is InChI=1S/C21H33N.C16H23N/c1-12(2)10-19-18(9)22(11-13(3)4)21-17(8)15(6)14(5)16(7)20(19)21;1-12(2)9-14-11-17(10-13(3)4)16-8-6-5-7-15(14)16/h12-13H,10-11H2,1-9H3;5-8,11-13H,9-10H2,1-4H3. The predicted molar refractivity (Wildman–Crippen MR) is 174 cm³/mol. The molecule has 0 unspecified atom stereocenters. The van der Waals surface area contributed by atoms with Crippen LogP contribution in [0.15, 0.2) is 30.5 Å². The number of benzene rings is 2. The summed E-state index contributed by atoms with van der Waals surface area (Å²) in [5, 5.41) is 2.97. The molecule has 0 atom stereocenters. The molecule has 2 aromatic heterocycles. The van der Waals surface area contributed by atoms with Gasteiger partial charge in [0.15, 0.2) is 0 Å². The van der Waals surface area contributed by atoms with Gasteiger partial charge in [-0.3, -0.25) is 0 Å². The van der Waals surface area contributed by atoms with Crippen molar-refractivity contribution in [2.24, 2.45) is 23.7 Å². The Morgan fingerprint density at radius 2 is 1.18 bits per heavy atom. The molecule has 0 bridgehead atoms. The summed E-state index contributed by atoms with van der Waals surface area (Å²) in [6.45, 7) is 32.1. The first-order valence-corrected chi connectivity index (χ1v) is 15.4. The Kier molecular flexibility index (Phi) is 10.2. The van der Waals surface area contributed by atoms with Crippen LogP contribution in [0.5, 0.6) is 0 Å². The minimum absolute atomic E-state index is 0.669. The SMILES string of the molecule is CC(C)Cc1cn(CC(C)C)c2ccccc12.Cc1c(C)c(C)c2c(c1C)c(CC(C)C)c(C)n2CC(C)C. The van der Waals surface area contributed by atoms with Crippen LogP contribution in [0.25, 0.3) is 21.8 Å². The third kappa shape index (κ3) is 6.82. The number of nitrogens with zero attached hydrogens (tertiary/aromatic N) is 2. The lowest BCUT2D eigenvalue weighted by molar-refractivity contribution is 0.524. The molecule has 0 aliphatic carbocycles. The van der Waals surface area contributed by atoms with Crippen molar-refractivity contribution in [2.45, 2.75) is 116 Å². The van der Waals surface area contributed by atoms with E-state index in [-0.39, 0.29) is 0 Å². The van der Waals surface area contributed by atoms with Gasteiger partial charge in [0.05, 0.1) is 5.52 Å². The normalized spacial score (nSPS) is 12.0. The first-order chi connectivity index (χ1) is 18.2. The summed E-state index contributed by atoms with van der Waals surface area (Å²) >= 11 is 0. The van der Waals surface area contributed by atoms with Gasteiger partial charge in [0.2, 0.25) is 0 Å². The average Bonchev–Trinajstić information content (AvgIpc) is 3.30. The third-order valence-electron chi connectivity index (χ3n) is 8.29. The first-order valence-electron chi connectivity index (χ1n) is 15.4. The number of hydrogen-bond acceptors (Lipinski definition) is 0. The number of hydrogen-bond donors (Lipinski definition) is 0. The first kappa shape index (κ1) is 31.1. The average molecular weight is 529 g/mol. The van der Waals surface area contributed by atoms with Gasteiger partial charge in [-0.05, 0) is 111 Å². The van der Waals surface area contributed by atoms with E-state index < -0.39 is 0 Å². The van der Waals surface area contributed by atoms with Crippen LogP contribution < -0.4 is 0 Å². The molecule has 2 aromatic carbocycles. The maximum absolute atomic E-state index is 2.59. The summed E-state index contributed by atoms with van der Waals surface area (Å²) in [6.07, 6.45) is 4.70. The second-order valence-electron chi connectivity index (χ2n) is 13.7. The number of para-hydroxylation sites is 1. The highest BCUT2D eigenvalue weighted by molar-refractivity contribution is 5.93.